The third-order valence-corrected chi connectivity index (χ3v) is 4.90. The zero-order valence-corrected chi connectivity index (χ0v) is 17.4. The van der Waals surface area contributed by atoms with Crippen LogP contribution in [-0.2, 0) is 6.54 Å². The van der Waals surface area contributed by atoms with Gasteiger partial charge in [-0.15, -0.1) is 0 Å². The number of amides is 1. The number of methoxy groups -OCH3 is 3. The van der Waals surface area contributed by atoms with Gasteiger partial charge in [0.1, 0.15) is 11.6 Å². The Morgan fingerprint density at radius 3 is 2.24 bits per heavy atom. The van der Waals surface area contributed by atoms with E-state index < -0.39 is 0 Å². The smallest absolute Gasteiger partial charge is 0.251 e. The largest absolute Gasteiger partial charge is 0.493 e. The molecule has 3 rings (SSSR count). The van der Waals surface area contributed by atoms with Crippen LogP contribution in [0, 0.1) is 6.92 Å². The summed E-state index contributed by atoms with van der Waals surface area (Å²) in [5.74, 6) is 2.54. The summed E-state index contributed by atoms with van der Waals surface area (Å²) in [6.45, 7) is 4.19. The van der Waals surface area contributed by atoms with Gasteiger partial charge in [-0.1, -0.05) is 0 Å². The fraction of sp³-hybridized carbons (Fsp3) is 0.476. The topological polar surface area (TPSA) is 85.8 Å². The first-order chi connectivity index (χ1) is 14.0. The molecule has 0 bridgehead atoms. The van der Waals surface area contributed by atoms with Crippen LogP contribution in [0.15, 0.2) is 18.2 Å². The molecule has 0 unspecified atom stereocenters. The summed E-state index contributed by atoms with van der Waals surface area (Å²) in [5, 5.41) is 2.88. The van der Waals surface area contributed by atoms with E-state index in [4.69, 9.17) is 14.2 Å². The number of aromatic nitrogens is 2. The van der Waals surface area contributed by atoms with Gasteiger partial charge in [-0.05, 0) is 38.3 Å². The van der Waals surface area contributed by atoms with Crippen LogP contribution in [0.25, 0.3) is 0 Å². The lowest BCUT2D eigenvalue weighted by Crippen LogP contribution is -2.31. The number of anilines is 1. The van der Waals surface area contributed by atoms with Crippen molar-refractivity contribution in [1.82, 2.24) is 15.3 Å². The lowest BCUT2D eigenvalue weighted by atomic mass is 10.1. The fourth-order valence-electron chi connectivity index (χ4n) is 3.45. The monoisotopic (exact) mass is 400 g/mol. The third kappa shape index (κ3) is 4.88. The van der Waals surface area contributed by atoms with E-state index in [0.29, 0.717) is 28.6 Å². The van der Waals surface area contributed by atoms with Gasteiger partial charge in [0.05, 0.1) is 27.9 Å². The molecule has 2 aromatic rings. The Bertz CT molecular complexity index is 841. The molecule has 0 saturated carbocycles. The maximum atomic E-state index is 12.7. The molecule has 8 nitrogen and oxygen atoms in total. The second-order valence-electron chi connectivity index (χ2n) is 6.93. The number of piperidine rings is 1. The predicted molar refractivity (Wildman–Crippen MR) is 110 cm³/mol. The third-order valence-electron chi connectivity index (χ3n) is 4.90. The molecule has 1 N–H and O–H groups in total. The highest BCUT2D eigenvalue weighted by Crippen LogP contribution is 2.38. The fourth-order valence-corrected chi connectivity index (χ4v) is 3.45. The summed E-state index contributed by atoms with van der Waals surface area (Å²) in [7, 11) is 4.55. The standard InChI is InChI=1S/C21H28N4O4/c1-14-10-19(25-8-6-5-7-9-25)24-18(23-14)13-22-21(26)15-11-16(27-2)20(29-4)17(12-15)28-3/h10-12H,5-9,13H2,1-4H3,(H,22,26). The Kier molecular flexibility index (Phi) is 6.74. The van der Waals surface area contributed by atoms with Crippen molar-refractivity contribution in [3.05, 3.63) is 35.3 Å². The first-order valence-electron chi connectivity index (χ1n) is 9.73. The highest BCUT2D eigenvalue weighted by molar-refractivity contribution is 5.95. The van der Waals surface area contributed by atoms with Crippen LogP contribution in [0.3, 0.4) is 0 Å². The lowest BCUT2D eigenvalue weighted by Gasteiger charge is -2.28. The molecule has 0 aliphatic carbocycles. The Morgan fingerprint density at radius 2 is 1.66 bits per heavy atom. The van der Waals surface area contributed by atoms with Crippen molar-refractivity contribution in [1.29, 1.82) is 0 Å². The molecule has 0 atom stereocenters. The second kappa shape index (κ2) is 9.45. The van der Waals surface area contributed by atoms with Crippen LogP contribution in [0.1, 0.15) is 41.1 Å². The van der Waals surface area contributed by atoms with Gasteiger partial charge in [-0.25, -0.2) is 9.97 Å². The van der Waals surface area contributed by atoms with Gasteiger partial charge in [-0.3, -0.25) is 4.79 Å². The number of ether oxygens (including phenoxy) is 3. The molecule has 1 aliphatic rings. The Labute approximate surface area is 171 Å². The van der Waals surface area contributed by atoms with E-state index in [0.717, 1.165) is 24.6 Å². The molecule has 29 heavy (non-hydrogen) atoms. The van der Waals surface area contributed by atoms with Crippen molar-refractivity contribution >= 4 is 11.7 Å². The quantitative estimate of drug-likeness (QED) is 0.765. The van der Waals surface area contributed by atoms with Crippen molar-refractivity contribution in [2.45, 2.75) is 32.7 Å². The van der Waals surface area contributed by atoms with Gasteiger partial charge in [-0.2, -0.15) is 0 Å². The summed E-state index contributed by atoms with van der Waals surface area (Å²) >= 11 is 0. The lowest BCUT2D eigenvalue weighted by molar-refractivity contribution is 0.0949. The van der Waals surface area contributed by atoms with Crippen LogP contribution in [-0.4, -0.2) is 50.3 Å². The van der Waals surface area contributed by atoms with E-state index >= 15 is 0 Å². The van der Waals surface area contributed by atoms with Crippen molar-refractivity contribution in [3.63, 3.8) is 0 Å². The number of nitrogens with zero attached hydrogens (tertiary/aromatic N) is 3. The highest BCUT2D eigenvalue weighted by atomic mass is 16.5. The molecule has 1 amide bonds. The number of carbonyl (C=O) groups excluding carboxylic acids is 1. The molecule has 1 saturated heterocycles. The molecule has 1 aliphatic heterocycles. The van der Waals surface area contributed by atoms with Crippen molar-refractivity contribution in [3.8, 4) is 17.2 Å². The SMILES string of the molecule is COc1cc(C(=O)NCc2nc(C)cc(N3CCCCC3)n2)cc(OC)c1OC. The molecule has 1 aromatic heterocycles. The van der Waals surface area contributed by atoms with Crippen molar-refractivity contribution in [2.75, 3.05) is 39.3 Å². The van der Waals surface area contributed by atoms with Crippen LogP contribution >= 0.6 is 0 Å². The zero-order chi connectivity index (χ0) is 20.8. The summed E-state index contributed by atoms with van der Waals surface area (Å²) in [6, 6.07) is 5.23. The van der Waals surface area contributed by atoms with Gasteiger partial charge in [0.25, 0.3) is 5.91 Å². The van der Waals surface area contributed by atoms with E-state index in [2.05, 4.69) is 20.2 Å². The molecule has 156 valence electrons. The van der Waals surface area contributed by atoms with Crippen molar-refractivity contribution < 1.29 is 19.0 Å². The Balaban J connectivity index is 1.74. The molecule has 0 spiro atoms. The minimum absolute atomic E-state index is 0.234. The number of rotatable bonds is 7. The van der Waals surface area contributed by atoms with Crippen LogP contribution in [0.4, 0.5) is 5.82 Å². The number of aryl methyl sites for hydroxylation is 1. The summed E-state index contributed by atoms with van der Waals surface area (Å²) in [4.78, 5) is 24.1. The van der Waals surface area contributed by atoms with Gasteiger partial charge in [0.2, 0.25) is 5.75 Å². The first-order valence-corrected chi connectivity index (χ1v) is 9.73. The average molecular weight is 400 g/mol. The van der Waals surface area contributed by atoms with Gasteiger partial charge in [0, 0.05) is 30.4 Å². The molecule has 8 heteroatoms. The molecule has 0 radical (unpaired) electrons. The number of hydrogen-bond donors (Lipinski definition) is 1. The first kappa shape index (κ1) is 20.7. The van der Waals surface area contributed by atoms with Gasteiger partial charge < -0.3 is 24.4 Å². The molecule has 1 fully saturated rings. The number of benzene rings is 1. The van der Waals surface area contributed by atoms with Crippen LogP contribution in [0.2, 0.25) is 0 Å². The van der Waals surface area contributed by atoms with E-state index in [1.807, 2.05) is 13.0 Å². The van der Waals surface area contributed by atoms with Crippen LogP contribution < -0.4 is 24.4 Å². The minimum Gasteiger partial charge on any atom is -0.493 e. The molecular formula is C21H28N4O4. The summed E-state index contributed by atoms with van der Waals surface area (Å²) < 4.78 is 15.9. The zero-order valence-electron chi connectivity index (χ0n) is 17.4. The van der Waals surface area contributed by atoms with Gasteiger partial charge in [0.15, 0.2) is 11.5 Å². The summed E-state index contributed by atoms with van der Waals surface area (Å²) in [6.07, 6.45) is 3.62. The van der Waals surface area contributed by atoms with E-state index in [1.54, 1.807) is 12.1 Å². The summed E-state index contributed by atoms with van der Waals surface area (Å²) in [5.41, 5.74) is 1.29. The normalized spacial score (nSPS) is 13.7. The van der Waals surface area contributed by atoms with E-state index in [-0.39, 0.29) is 12.5 Å². The molecule has 2 heterocycles. The minimum atomic E-state index is -0.270. The van der Waals surface area contributed by atoms with E-state index in [1.165, 1.54) is 40.6 Å². The maximum absolute atomic E-state index is 12.7. The maximum Gasteiger partial charge on any atom is 0.251 e. The second-order valence-corrected chi connectivity index (χ2v) is 6.93. The van der Waals surface area contributed by atoms with Crippen molar-refractivity contribution in [2.24, 2.45) is 0 Å². The Hall–Kier alpha value is -3.03. The van der Waals surface area contributed by atoms with E-state index in [9.17, 15) is 4.79 Å². The number of hydrogen-bond acceptors (Lipinski definition) is 7. The Morgan fingerprint density at radius 1 is 1.00 bits per heavy atom. The number of nitrogens with one attached hydrogen (secondary N) is 1. The molecular weight excluding hydrogens is 372 g/mol. The average Bonchev–Trinajstić information content (AvgIpc) is 2.76. The van der Waals surface area contributed by atoms with Gasteiger partial charge >= 0.3 is 0 Å². The molecule has 1 aromatic carbocycles. The van der Waals surface area contributed by atoms with Crippen LogP contribution in [0.5, 0.6) is 17.2 Å². The highest BCUT2D eigenvalue weighted by Gasteiger charge is 2.18. The number of carbonyl (C=O) groups is 1. The predicted octanol–water partition coefficient (Wildman–Crippen LogP) is 2.73.